The zero-order valence-corrected chi connectivity index (χ0v) is 12.8. The van der Waals surface area contributed by atoms with E-state index in [1.807, 2.05) is 30.3 Å². The van der Waals surface area contributed by atoms with Gasteiger partial charge in [0, 0.05) is 26.7 Å². The Bertz CT molecular complexity index is 545. The Morgan fingerprint density at radius 1 is 1.09 bits per heavy atom. The predicted molar refractivity (Wildman–Crippen MR) is 85.0 cm³/mol. The predicted octanol–water partition coefficient (Wildman–Crippen LogP) is 3.01. The van der Waals surface area contributed by atoms with Crippen LogP contribution in [0.5, 0.6) is 0 Å². The molecule has 0 aliphatic rings. The third kappa shape index (κ3) is 5.22. The summed E-state index contributed by atoms with van der Waals surface area (Å²) in [4.78, 5) is 2.11. The average Bonchev–Trinajstić information content (AvgIpc) is 2.55. The molecule has 2 aromatic carbocycles. The highest BCUT2D eigenvalue weighted by atomic mass is 19.1. The van der Waals surface area contributed by atoms with Crippen LogP contribution in [-0.4, -0.2) is 36.8 Å². The van der Waals surface area contributed by atoms with E-state index in [2.05, 4.69) is 4.90 Å². The monoisotopic (exact) mass is 303 g/mol. The first kappa shape index (κ1) is 16.6. The van der Waals surface area contributed by atoms with Crippen molar-refractivity contribution in [3.8, 4) is 0 Å². The summed E-state index contributed by atoms with van der Waals surface area (Å²) in [5, 5.41) is 10.4. The molecule has 0 saturated heterocycles. The van der Waals surface area contributed by atoms with Crippen LogP contribution in [0.25, 0.3) is 0 Å². The Morgan fingerprint density at radius 2 is 1.77 bits per heavy atom. The second-order valence-electron chi connectivity index (χ2n) is 5.28. The van der Waals surface area contributed by atoms with E-state index in [1.54, 1.807) is 19.2 Å². The van der Waals surface area contributed by atoms with E-state index < -0.39 is 6.10 Å². The van der Waals surface area contributed by atoms with Crippen molar-refractivity contribution in [2.45, 2.75) is 12.6 Å². The highest BCUT2D eigenvalue weighted by molar-refractivity contribution is 5.18. The maximum atomic E-state index is 13.0. The summed E-state index contributed by atoms with van der Waals surface area (Å²) in [5.41, 5.74) is 1.90. The van der Waals surface area contributed by atoms with Gasteiger partial charge in [-0.3, -0.25) is 4.90 Å². The second-order valence-corrected chi connectivity index (χ2v) is 5.28. The average molecular weight is 303 g/mol. The van der Waals surface area contributed by atoms with Gasteiger partial charge in [-0.1, -0.05) is 42.5 Å². The van der Waals surface area contributed by atoms with Crippen molar-refractivity contribution in [1.29, 1.82) is 0 Å². The van der Waals surface area contributed by atoms with Gasteiger partial charge in [0.25, 0.3) is 0 Å². The number of ether oxygens (including phenoxy) is 1. The lowest BCUT2D eigenvalue weighted by molar-refractivity contribution is 0.0849. The molecule has 0 bridgehead atoms. The smallest absolute Gasteiger partial charge is 0.123 e. The molecule has 0 fully saturated rings. The Hall–Kier alpha value is -1.75. The summed E-state index contributed by atoms with van der Waals surface area (Å²) in [6.07, 6.45) is -0.557. The Labute approximate surface area is 131 Å². The molecule has 22 heavy (non-hydrogen) atoms. The first-order valence-corrected chi connectivity index (χ1v) is 7.38. The molecule has 2 rings (SSSR count). The summed E-state index contributed by atoms with van der Waals surface area (Å²) >= 11 is 0. The standard InChI is InChI=1S/C18H22FNO2/c1-22-12-11-20(13-15-7-9-17(19)10-8-15)14-18(21)16-5-3-2-4-6-16/h2-10,18,21H,11-14H2,1H3. The normalized spacial score (nSPS) is 12.5. The molecule has 0 radical (unpaired) electrons. The number of nitrogens with zero attached hydrogens (tertiary/aromatic N) is 1. The van der Waals surface area contributed by atoms with Crippen molar-refractivity contribution in [2.24, 2.45) is 0 Å². The van der Waals surface area contributed by atoms with Gasteiger partial charge in [0.1, 0.15) is 5.82 Å². The van der Waals surface area contributed by atoms with E-state index in [4.69, 9.17) is 4.74 Å². The number of hydrogen-bond donors (Lipinski definition) is 1. The van der Waals surface area contributed by atoms with Gasteiger partial charge in [0.2, 0.25) is 0 Å². The van der Waals surface area contributed by atoms with Crippen molar-refractivity contribution in [3.05, 3.63) is 71.5 Å². The van der Waals surface area contributed by atoms with Crippen LogP contribution in [0.3, 0.4) is 0 Å². The van der Waals surface area contributed by atoms with E-state index in [0.29, 0.717) is 26.2 Å². The SMILES string of the molecule is COCCN(Cc1ccc(F)cc1)CC(O)c1ccccc1. The number of benzene rings is 2. The van der Waals surface area contributed by atoms with Crippen LogP contribution in [0.15, 0.2) is 54.6 Å². The Kier molecular flexibility index (Phi) is 6.52. The fourth-order valence-corrected chi connectivity index (χ4v) is 2.33. The quantitative estimate of drug-likeness (QED) is 0.814. The third-order valence-corrected chi connectivity index (χ3v) is 3.55. The van der Waals surface area contributed by atoms with Gasteiger partial charge in [0.15, 0.2) is 0 Å². The Morgan fingerprint density at radius 3 is 2.41 bits per heavy atom. The van der Waals surface area contributed by atoms with Crippen molar-refractivity contribution in [2.75, 3.05) is 26.8 Å². The molecule has 3 nitrogen and oxygen atoms in total. The maximum absolute atomic E-state index is 13.0. The highest BCUT2D eigenvalue weighted by Gasteiger charge is 2.14. The molecule has 0 spiro atoms. The highest BCUT2D eigenvalue weighted by Crippen LogP contribution is 2.15. The lowest BCUT2D eigenvalue weighted by Crippen LogP contribution is -2.31. The van der Waals surface area contributed by atoms with Gasteiger partial charge >= 0.3 is 0 Å². The van der Waals surface area contributed by atoms with Gasteiger partial charge in [0.05, 0.1) is 12.7 Å². The zero-order valence-electron chi connectivity index (χ0n) is 12.8. The fourth-order valence-electron chi connectivity index (χ4n) is 2.33. The van der Waals surface area contributed by atoms with Crippen molar-refractivity contribution < 1.29 is 14.2 Å². The molecule has 1 N–H and O–H groups in total. The molecule has 0 heterocycles. The molecule has 4 heteroatoms. The Balaban J connectivity index is 2.00. The first-order chi connectivity index (χ1) is 10.7. The fraction of sp³-hybridized carbons (Fsp3) is 0.333. The van der Waals surface area contributed by atoms with Gasteiger partial charge in [-0.15, -0.1) is 0 Å². The van der Waals surface area contributed by atoms with Crippen LogP contribution in [0.4, 0.5) is 4.39 Å². The lowest BCUT2D eigenvalue weighted by Gasteiger charge is -2.25. The largest absolute Gasteiger partial charge is 0.387 e. The summed E-state index contributed by atoms with van der Waals surface area (Å²) in [5.74, 6) is -0.239. The molecular weight excluding hydrogens is 281 g/mol. The van der Waals surface area contributed by atoms with E-state index in [9.17, 15) is 9.50 Å². The molecule has 1 atom stereocenters. The minimum absolute atomic E-state index is 0.239. The van der Waals surface area contributed by atoms with Gasteiger partial charge in [-0.25, -0.2) is 4.39 Å². The van der Waals surface area contributed by atoms with Crippen LogP contribution >= 0.6 is 0 Å². The molecule has 2 aromatic rings. The molecule has 0 amide bonds. The third-order valence-electron chi connectivity index (χ3n) is 3.55. The van der Waals surface area contributed by atoms with Crippen LogP contribution < -0.4 is 0 Å². The van der Waals surface area contributed by atoms with Crippen LogP contribution in [0, 0.1) is 5.82 Å². The first-order valence-electron chi connectivity index (χ1n) is 7.38. The minimum atomic E-state index is -0.557. The lowest BCUT2D eigenvalue weighted by atomic mass is 10.1. The van der Waals surface area contributed by atoms with Crippen LogP contribution in [-0.2, 0) is 11.3 Å². The maximum Gasteiger partial charge on any atom is 0.123 e. The molecule has 1 unspecified atom stereocenters. The van der Waals surface area contributed by atoms with E-state index in [-0.39, 0.29) is 5.82 Å². The van der Waals surface area contributed by atoms with Gasteiger partial charge in [-0.2, -0.15) is 0 Å². The van der Waals surface area contributed by atoms with Crippen LogP contribution in [0.2, 0.25) is 0 Å². The molecule has 0 aliphatic heterocycles. The second kappa shape index (κ2) is 8.63. The number of aliphatic hydroxyl groups is 1. The van der Waals surface area contributed by atoms with Gasteiger partial charge in [-0.05, 0) is 23.3 Å². The van der Waals surface area contributed by atoms with E-state index >= 15 is 0 Å². The molecule has 118 valence electrons. The van der Waals surface area contributed by atoms with Gasteiger partial charge < -0.3 is 9.84 Å². The summed E-state index contributed by atoms with van der Waals surface area (Å²) in [6.45, 7) is 2.44. The van der Waals surface area contributed by atoms with Crippen LogP contribution in [0.1, 0.15) is 17.2 Å². The summed E-state index contributed by atoms with van der Waals surface area (Å²) < 4.78 is 18.1. The summed E-state index contributed by atoms with van der Waals surface area (Å²) in [7, 11) is 1.66. The number of hydrogen-bond acceptors (Lipinski definition) is 3. The zero-order chi connectivity index (χ0) is 15.8. The van der Waals surface area contributed by atoms with E-state index in [1.165, 1.54) is 12.1 Å². The molecule has 0 aromatic heterocycles. The van der Waals surface area contributed by atoms with Crippen molar-refractivity contribution in [1.82, 2.24) is 4.90 Å². The molecule has 0 saturated carbocycles. The van der Waals surface area contributed by atoms with Crippen molar-refractivity contribution in [3.63, 3.8) is 0 Å². The van der Waals surface area contributed by atoms with Crippen molar-refractivity contribution >= 4 is 0 Å². The number of rotatable bonds is 8. The number of aliphatic hydroxyl groups excluding tert-OH is 1. The topological polar surface area (TPSA) is 32.7 Å². The minimum Gasteiger partial charge on any atom is -0.387 e. The number of halogens is 1. The molecular formula is C18H22FNO2. The molecule has 0 aliphatic carbocycles. The number of methoxy groups -OCH3 is 1. The summed E-state index contributed by atoms with van der Waals surface area (Å²) in [6, 6.07) is 16.0. The van der Waals surface area contributed by atoms with E-state index in [0.717, 1.165) is 11.1 Å².